The van der Waals surface area contributed by atoms with Crippen molar-refractivity contribution in [3.8, 4) is 0 Å². The van der Waals surface area contributed by atoms with Gasteiger partial charge in [0.2, 0.25) is 0 Å². The Morgan fingerprint density at radius 2 is 2.09 bits per heavy atom. The molecule has 0 aliphatic heterocycles. The lowest BCUT2D eigenvalue weighted by atomic mass is 10.1. The zero-order valence-electron chi connectivity index (χ0n) is 13.5. The summed E-state index contributed by atoms with van der Waals surface area (Å²) in [7, 11) is 1.85. The van der Waals surface area contributed by atoms with Gasteiger partial charge in [0.15, 0.2) is 0 Å². The van der Waals surface area contributed by atoms with Gasteiger partial charge in [-0.3, -0.25) is 4.79 Å². The lowest BCUT2D eigenvalue weighted by Gasteiger charge is -2.20. The van der Waals surface area contributed by atoms with E-state index < -0.39 is 0 Å². The van der Waals surface area contributed by atoms with Gasteiger partial charge in [-0.25, -0.2) is 0 Å². The van der Waals surface area contributed by atoms with E-state index in [2.05, 4.69) is 19.0 Å². The molecule has 0 unspecified atom stereocenters. The first kappa shape index (κ1) is 16.6. The van der Waals surface area contributed by atoms with Crippen molar-refractivity contribution in [2.24, 2.45) is 5.92 Å². The monoisotopic (exact) mass is 318 g/mol. The third kappa shape index (κ3) is 4.37. The molecular weight excluding hydrogens is 296 g/mol. The van der Waals surface area contributed by atoms with Crippen LogP contribution < -0.4 is 0 Å². The number of amides is 1. The number of rotatable bonds is 6. The second-order valence-electron chi connectivity index (χ2n) is 5.80. The third-order valence-electron chi connectivity index (χ3n) is 3.15. The Hall–Kier alpha value is -1.75. The Balaban J connectivity index is 2.10. The Labute approximate surface area is 135 Å². The van der Waals surface area contributed by atoms with Crippen LogP contribution in [-0.4, -0.2) is 29.6 Å². The van der Waals surface area contributed by atoms with Crippen LogP contribution in [0.5, 0.6) is 0 Å². The smallest absolute Gasteiger partial charge is 0.254 e. The van der Waals surface area contributed by atoms with E-state index in [9.17, 15) is 4.79 Å². The average molecular weight is 318 g/mol. The molecule has 1 aromatic heterocycles. The van der Waals surface area contributed by atoms with Gasteiger partial charge in [0, 0.05) is 24.6 Å². The van der Waals surface area contributed by atoms with Crippen molar-refractivity contribution in [2.45, 2.75) is 31.4 Å². The van der Waals surface area contributed by atoms with E-state index >= 15 is 0 Å². The molecule has 0 atom stereocenters. The molecule has 0 radical (unpaired) electrons. The number of hydrogen-bond donors (Lipinski definition) is 0. The molecule has 22 heavy (non-hydrogen) atoms. The van der Waals surface area contributed by atoms with Crippen molar-refractivity contribution in [1.82, 2.24) is 10.1 Å². The summed E-state index contributed by atoms with van der Waals surface area (Å²) in [5, 5.41) is 3.88. The van der Waals surface area contributed by atoms with E-state index in [4.69, 9.17) is 4.52 Å². The molecule has 1 aromatic carbocycles. The first-order valence-electron chi connectivity index (χ1n) is 7.37. The molecule has 0 saturated carbocycles. The number of benzene rings is 1. The van der Waals surface area contributed by atoms with E-state index in [1.165, 1.54) is 0 Å². The summed E-state index contributed by atoms with van der Waals surface area (Å²) in [5.41, 5.74) is 1.61. The topological polar surface area (TPSA) is 46.3 Å². The normalized spacial score (nSPS) is 11.0. The van der Waals surface area contributed by atoms with Gasteiger partial charge in [-0.2, -0.15) is 0 Å². The number of aromatic nitrogens is 1. The van der Waals surface area contributed by atoms with E-state index in [-0.39, 0.29) is 5.91 Å². The van der Waals surface area contributed by atoms with E-state index in [1.54, 1.807) is 16.7 Å². The van der Waals surface area contributed by atoms with Crippen LogP contribution in [0.1, 0.15) is 35.7 Å². The van der Waals surface area contributed by atoms with Crippen molar-refractivity contribution < 1.29 is 9.32 Å². The zero-order valence-corrected chi connectivity index (χ0v) is 14.3. The molecule has 0 fully saturated rings. The summed E-state index contributed by atoms with van der Waals surface area (Å²) in [6, 6.07) is 9.63. The molecule has 2 rings (SSSR count). The maximum atomic E-state index is 12.6. The van der Waals surface area contributed by atoms with Crippen molar-refractivity contribution >= 4 is 17.7 Å². The van der Waals surface area contributed by atoms with E-state index in [1.807, 2.05) is 44.3 Å². The fraction of sp³-hybridized carbons (Fsp3) is 0.412. The summed E-state index contributed by atoms with van der Waals surface area (Å²) >= 11 is 1.60. The van der Waals surface area contributed by atoms with E-state index in [0.717, 1.165) is 28.5 Å². The van der Waals surface area contributed by atoms with Crippen LogP contribution in [0.15, 0.2) is 39.8 Å². The maximum Gasteiger partial charge on any atom is 0.254 e. The maximum absolute atomic E-state index is 12.6. The molecule has 0 saturated heterocycles. The summed E-state index contributed by atoms with van der Waals surface area (Å²) in [5.74, 6) is 2.00. The number of carbonyl (C=O) groups excluding carboxylic acids is 1. The van der Waals surface area contributed by atoms with Gasteiger partial charge >= 0.3 is 0 Å². The predicted octanol–water partition coefficient (Wildman–Crippen LogP) is 4.00. The summed E-state index contributed by atoms with van der Waals surface area (Å²) in [6.45, 7) is 6.86. The fourth-order valence-corrected chi connectivity index (χ4v) is 3.16. The van der Waals surface area contributed by atoms with Crippen LogP contribution in [0, 0.1) is 12.8 Å². The lowest BCUT2D eigenvalue weighted by molar-refractivity contribution is 0.0775. The van der Waals surface area contributed by atoms with Crippen LogP contribution in [0.2, 0.25) is 0 Å². The molecular formula is C17H22N2O2S. The Bertz CT molecular complexity index is 637. The van der Waals surface area contributed by atoms with E-state index in [0.29, 0.717) is 11.7 Å². The fourth-order valence-electron chi connectivity index (χ4n) is 2.24. The standard InChI is InChI=1S/C17H22N2O2S/c1-12(2)10-19(4)17(20)15-7-5-6-8-16(15)22-11-14-9-13(3)18-21-14/h5-9,12H,10-11H2,1-4H3. The highest BCUT2D eigenvalue weighted by molar-refractivity contribution is 7.98. The van der Waals surface area contributed by atoms with Gasteiger partial charge in [0.25, 0.3) is 5.91 Å². The number of aryl methyl sites for hydroxylation is 1. The molecule has 0 spiro atoms. The Kier molecular flexibility index (Phi) is 5.66. The minimum absolute atomic E-state index is 0.0607. The molecule has 4 nitrogen and oxygen atoms in total. The highest BCUT2D eigenvalue weighted by Crippen LogP contribution is 2.27. The summed E-state index contributed by atoms with van der Waals surface area (Å²) in [6.07, 6.45) is 0. The number of hydrogen-bond acceptors (Lipinski definition) is 4. The predicted molar refractivity (Wildman–Crippen MR) is 89.0 cm³/mol. The molecule has 0 bridgehead atoms. The zero-order chi connectivity index (χ0) is 16.1. The molecule has 0 N–H and O–H groups in total. The molecule has 5 heteroatoms. The van der Waals surface area contributed by atoms with Crippen LogP contribution in [0.4, 0.5) is 0 Å². The van der Waals surface area contributed by atoms with Gasteiger partial charge in [0.1, 0.15) is 5.76 Å². The third-order valence-corrected chi connectivity index (χ3v) is 4.25. The minimum Gasteiger partial charge on any atom is -0.360 e. The number of thioether (sulfide) groups is 1. The summed E-state index contributed by atoms with van der Waals surface area (Å²) < 4.78 is 5.22. The largest absolute Gasteiger partial charge is 0.360 e. The van der Waals surface area contributed by atoms with Crippen molar-refractivity contribution in [2.75, 3.05) is 13.6 Å². The second-order valence-corrected chi connectivity index (χ2v) is 6.82. The lowest BCUT2D eigenvalue weighted by Crippen LogP contribution is -2.30. The highest BCUT2D eigenvalue weighted by atomic mass is 32.2. The molecule has 1 amide bonds. The average Bonchev–Trinajstić information content (AvgIpc) is 2.89. The number of nitrogens with zero attached hydrogens (tertiary/aromatic N) is 2. The SMILES string of the molecule is Cc1cc(CSc2ccccc2C(=O)N(C)CC(C)C)on1. The Morgan fingerprint density at radius 1 is 1.36 bits per heavy atom. The Morgan fingerprint density at radius 3 is 2.73 bits per heavy atom. The summed E-state index contributed by atoms with van der Waals surface area (Å²) in [4.78, 5) is 15.3. The van der Waals surface area contributed by atoms with Gasteiger partial charge in [-0.1, -0.05) is 31.1 Å². The molecule has 1 heterocycles. The second kappa shape index (κ2) is 7.49. The first-order chi connectivity index (χ1) is 10.5. The number of carbonyl (C=O) groups is 1. The van der Waals surface area contributed by atoms with Crippen LogP contribution in [0.3, 0.4) is 0 Å². The first-order valence-corrected chi connectivity index (χ1v) is 8.35. The van der Waals surface area contributed by atoms with Crippen LogP contribution >= 0.6 is 11.8 Å². The van der Waals surface area contributed by atoms with Gasteiger partial charge in [-0.15, -0.1) is 11.8 Å². The van der Waals surface area contributed by atoms with Gasteiger partial charge in [0.05, 0.1) is 17.0 Å². The van der Waals surface area contributed by atoms with Crippen LogP contribution in [0.25, 0.3) is 0 Å². The molecule has 2 aromatic rings. The molecule has 0 aliphatic carbocycles. The van der Waals surface area contributed by atoms with Gasteiger partial charge < -0.3 is 9.42 Å². The van der Waals surface area contributed by atoms with Gasteiger partial charge in [-0.05, 0) is 25.0 Å². The van der Waals surface area contributed by atoms with Crippen molar-refractivity contribution in [1.29, 1.82) is 0 Å². The van der Waals surface area contributed by atoms with Crippen molar-refractivity contribution in [3.05, 3.63) is 47.3 Å². The van der Waals surface area contributed by atoms with Crippen molar-refractivity contribution in [3.63, 3.8) is 0 Å². The molecule has 118 valence electrons. The van der Waals surface area contributed by atoms with Crippen LogP contribution in [-0.2, 0) is 5.75 Å². The quantitative estimate of drug-likeness (QED) is 0.755. The highest BCUT2D eigenvalue weighted by Gasteiger charge is 2.17. The molecule has 0 aliphatic rings. The minimum atomic E-state index is 0.0607.